The second-order valence-electron chi connectivity index (χ2n) is 8.45. The summed E-state index contributed by atoms with van der Waals surface area (Å²) in [4.78, 5) is 28.4. The Morgan fingerprint density at radius 3 is 2.97 bits per heavy atom. The molecular weight excluding hydrogens is 382 g/mol. The van der Waals surface area contributed by atoms with Gasteiger partial charge in [0, 0.05) is 37.3 Å². The Bertz CT molecular complexity index is 1020. The highest BCUT2D eigenvalue weighted by atomic mass is 16.3. The Morgan fingerprint density at radius 2 is 2.27 bits per heavy atom. The monoisotopic (exact) mass is 409 g/mol. The number of amides is 2. The third-order valence-corrected chi connectivity index (χ3v) is 5.30. The number of nitrogens with zero attached hydrogens (tertiary/aromatic N) is 4. The maximum atomic E-state index is 11.9. The summed E-state index contributed by atoms with van der Waals surface area (Å²) < 4.78 is 1.69. The van der Waals surface area contributed by atoms with E-state index >= 15 is 0 Å². The smallest absolute Gasteiger partial charge is 0.269 e. The van der Waals surface area contributed by atoms with Crippen LogP contribution in [0.25, 0.3) is 5.82 Å². The number of primary amides is 1. The van der Waals surface area contributed by atoms with E-state index in [4.69, 9.17) is 5.73 Å². The molecule has 3 N–H and O–H groups in total. The molecule has 8 heteroatoms. The van der Waals surface area contributed by atoms with Crippen molar-refractivity contribution in [3.05, 3.63) is 40.8 Å². The van der Waals surface area contributed by atoms with Crippen molar-refractivity contribution in [2.75, 3.05) is 13.6 Å². The largest absolute Gasteiger partial charge is 0.380 e. The molecule has 8 nitrogen and oxygen atoms in total. The minimum absolute atomic E-state index is 0.0932. The number of carbonyl (C=O) groups is 2. The molecule has 158 valence electrons. The first-order valence-corrected chi connectivity index (χ1v) is 9.92. The lowest BCUT2D eigenvalue weighted by molar-refractivity contribution is -0.117. The van der Waals surface area contributed by atoms with Gasteiger partial charge in [-0.1, -0.05) is 25.7 Å². The molecule has 2 aromatic rings. The SMILES string of the molecule is CN(C=O)CCC(O)C#Cc1ccnc(-n2nc(C(N)=O)c3c2CC(C)(C)CC3)c1. The van der Waals surface area contributed by atoms with Gasteiger partial charge in [-0.15, -0.1) is 0 Å². The molecule has 0 radical (unpaired) electrons. The fourth-order valence-electron chi connectivity index (χ4n) is 3.55. The summed E-state index contributed by atoms with van der Waals surface area (Å²) in [6, 6.07) is 3.52. The highest BCUT2D eigenvalue weighted by Crippen LogP contribution is 2.36. The van der Waals surface area contributed by atoms with Gasteiger partial charge in [0.05, 0.1) is 5.69 Å². The lowest BCUT2D eigenvalue weighted by Crippen LogP contribution is -2.24. The van der Waals surface area contributed by atoms with Crippen LogP contribution in [0.3, 0.4) is 0 Å². The number of hydrogen-bond acceptors (Lipinski definition) is 5. The molecular formula is C22H27N5O3. The zero-order valence-electron chi connectivity index (χ0n) is 17.6. The molecule has 0 aliphatic heterocycles. The van der Waals surface area contributed by atoms with Gasteiger partial charge in [-0.05, 0) is 36.8 Å². The van der Waals surface area contributed by atoms with Crippen LogP contribution in [-0.2, 0) is 17.6 Å². The van der Waals surface area contributed by atoms with E-state index in [1.807, 2.05) is 0 Å². The molecule has 1 aliphatic carbocycles. The van der Waals surface area contributed by atoms with Crippen LogP contribution in [-0.4, -0.2) is 56.8 Å². The van der Waals surface area contributed by atoms with Crippen molar-refractivity contribution >= 4 is 12.3 Å². The number of carbonyl (C=O) groups excluding carboxylic acids is 2. The van der Waals surface area contributed by atoms with Gasteiger partial charge in [0.15, 0.2) is 11.5 Å². The van der Waals surface area contributed by atoms with Crippen molar-refractivity contribution in [2.24, 2.45) is 11.1 Å². The first-order valence-electron chi connectivity index (χ1n) is 9.92. The van der Waals surface area contributed by atoms with E-state index in [0.29, 0.717) is 36.5 Å². The van der Waals surface area contributed by atoms with Crippen LogP contribution in [0.4, 0.5) is 0 Å². The third-order valence-electron chi connectivity index (χ3n) is 5.30. The van der Waals surface area contributed by atoms with Gasteiger partial charge in [0.2, 0.25) is 6.41 Å². The molecule has 1 unspecified atom stereocenters. The predicted molar refractivity (Wildman–Crippen MR) is 112 cm³/mol. The number of fused-ring (bicyclic) bond motifs is 1. The van der Waals surface area contributed by atoms with E-state index in [-0.39, 0.29) is 5.41 Å². The normalized spacial score (nSPS) is 15.5. The van der Waals surface area contributed by atoms with Crippen molar-refractivity contribution in [3.63, 3.8) is 0 Å². The predicted octanol–water partition coefficient (Wildman–Crippen LogP) is 1.07. The summed E-state index contributed by atoms with van der Waals surface area (Å²) in [6.45, 7) is 4.80. The quantitative estimate of drug-likeness (QED) is 0.547. The second-order valence-corrected chi connectivity index (χ2v) is 8.45. The Balaban J connectivity index is 1.89. The summed E-state index contributed by atoms with van der Waals surface area (Å²) in [7, 11) is 1.65. The van der Waals surface area contributed by atoms with Gasteiger partial charge in [-0.25, -0.2) is 9.67 Å². The summed E-state index contributed by atoms with van der Waals surface area (Å²) in [6.07, 6.45) is 4.33. The fourth-order valence-corrected chi connectivity index (χ4v) is 3.55. The molecule has 0 saturated carbocycles. The van der Waals surface area contributed by atoms with E-state index < -0.39 is 12.0 Å². The van der Waals surface area contributed by atoms with Gasteiger partial charge in [-0.3, -0.25) is 9.59 Å². The molecule has 0 bridgehead atoms. The lowest BCUT2D eigenvalue weighted by atomic mass is 9.76. The molecule has 0 aromatic carbocycles. The molecule has 0 saturated heterocycles. The Morgan fingerprint density at radius 1 is 1.50 bits per heavy atom. The Labute approximate surface area is 176 Å². The number of aromatic nitrogens is 3. The van der Waals surface area contributed by atoms with Crippen molar-refractivity contribution in [1.29, 1.82) is 0 Å². The first-order chi connectivity index (χ1) is 14.2. The molecule has 3 rings (SSSR count). The maximum Gasteiger partial charge on any atom is 0.269 e. The number of aliphatic hydroxyl groups excluding tert-OH is 1. The van der Waals surface area contributed by atoms with E-state index in [9.17, 15) is 14.7 Å². The van der Waals surface area contributed by atoms with Gasteiger partial charge < -0.3 is 15.7 Å². The van der Waals surface area contributed by atoms with Crippen molar-refractivity contribution < 1.29 is 14.7 Å². The summed E-state index contributed by atoms with van der Waals surface area (Å²) in [5, 5.41) is 14.5. The summed E-state index contributed by atoms with van der Waals surface area (Å²) >= 11 is 0. The van der Waals surface area contributed by atoms with E-state index in [1.165, 1.54) is 4.90 Å². The summed E-state index contributed by atoms with van der Waals surface area (Å²) in [5.74, 6) is 5.75. The molecule has 0 spiro atoms. The van der Waals surface area contributed by atoms with E-state index in [2.05, 4.69) is 35.8 Å². The average molecular weight is 409 g/mol. The Hall–Kier alpha value is -3.18. The zero-order valence-corrected chi connectivity index (χ0v) is 17.6. The molecule has 2 heterocycles. The van der Waals surface area contributed by atoms with Crippen LogP contribution in [0.15, 0.2) is 18.3 Å². The van der Waals surface area contributed by atoms with Crippen LogP contribution >= 0.6 is 0 Å². The maximum absolute atomic E-state index is 11.9. The van der Waals surface area contributed by atoms with Crippen LogP contribution in [0, 0.1) is 17.3 Å². The minimum Gasteiger partial charge on any atom is -0.380 e. The lowest BCUT2D eigenvalue weighted by Gasteiger charge is -2.30. The van der Waals surface area contributed by atoms with Crippen LogP contribution in [0.1, 0.15) is 54.0 Å². The molecule has 1 aliphatic rings. The number of pyridine rings is 1. The molecule has 1 atom stereocenters. The van der Waals surface area contributed by atoms with Crippen molar-refractivity contribution in [3.8, 4) is 17.7 Å². The van der Waals surface area contributed by atoms with Crippen molar-refractivity contribution in [1.82, 2.24) is 19.7 Å². The van der Waals surface area contributed by atoms with Gasteiger partial charge in [0.1, 0.15) is 6.10 Å². The highest BCUT2D eigenvalue weighted by molar-refractivity contribution is 5.92. The Kier molecular flexibility index (Phi) is 6.22. The standard InChI is InChI=1S/C22H27N5O3/c1-22(2)9-6-17-18(13-22)27(25-20(17)21(23)30)19-12-15(7-10-24-19)4-5-16(29)8-11-26(3)14-28/h7,10,12,14,16,29H,6,8-9,11,13H2,1-3H3,(H2,23,30). The van der Waals surface area contributed by atoms with E-state index in [1.54, 1.807) is 30.1 Å². The van der Waals surface area contributed by atoms with Gasteiger partial charge in [0.25, 0.3) is 5.91 Å². The van der Waals surface area contributed by atoms with E-state index in [0.717, 1.165) is 30.5 Å². The fraction of sp³-hybridized carbons (Fsp3) is 0.455. The molecule has 2 amide bonds. The van der Waals surface area contributed by atoms with Crippen molar-refractivity contribution in [2.45, 2.75) is 45.6 Å². The van der Waals surface area contributed by atoms with Crippen LogP contribution in [0.5, 0.6) is 0 Å². The molecule has 0 fully saturated rings. The average Bonchev–Trinajstić information content (AvgIpc) is 3.08. The van der Waals surface area contributed by atoms with Crippen LogP contribution in [0.2, 0.25) is 0 Å². The van der Waals surface area contributed by atoms with Gasteiger partial charge in [-0.2, -0.15) is 5.10 Å². The molecule has 2 aromatic heterocycles. The number of rotatable bonds is 6. The number of hydrogen-bond donors (Lipinski definition) is 2. The minimum atomic E-state index is -0.844. The second kappa shape index (κ2) is 8.67. The number of nitrogens with two attached hydrogens (primary N) is 1. The summed E-state index contributed by atoms with van der Waals surface area (Å²) in [5.41, 5.74) is 8.47. The highest BCUT2D eigenvalue weighted by Gasteiger charge is 2.32. The topological polar surface area (TPSA) is 114 Å². The first kappa shape index (κ1) is 21.5. The third kappa shape index (κ3) is 4.86. The number of aliphatic hydroxyl groups is 1. The zero-order chi connectivity index (χ0) is 21.9. The molecule has 30 heavy (non-hydrogen) atoms. The van der Waals surface area contributed by atoms with Gasteiger partial charge >= 0.3 is 0 Å². The van der Waals surface area contributed by atoms with Crippen LogP contribution < -0.4 is 5.73 Å².